The van der Waals surface area contributed by atoms with Crippen molar-refractivity contribution < 1.29 is 4.74 Å². The van der Waals surface area contributed by atoms with E-state index in [1.54, 1.807) is 13.2 Å². The standard InChI is InChI=1S/C20H21ClN4O/c1-13-4-6-15(7-5-13)12-22-20-23-14(2)10-19(25-20)24-16-8-9-18(26-3)17(21)11-16/h4-11H,12H2,1-3H3,(H2,22,23,24,25). The number of ether oxygens (including phenoxy) is 1. The number of nitrogens with one attached hydrogen (secondary N) is 2. The van der Waals surface area contributed by atoms with Gasteiger partial charge in [0.25, 0.3) is 0 Å². The number of hydrogen-bond acceptors (Lipinski definition) is 5. The van der Waals surface area contributed by atoms with E-state index in [9.17, 15) is 0 Å². The first-order valence-corrected chi connectivity index (χ1v) is 8.67. The molecule has 2 aromatic carbocycles. The number of aryl methyl sites for hydroxylation is 2. The van der Waals surface area contributed by atoms with Crippen molar-refractivity contribution >= 4 is 29.1 Å². The van der Waals surface area contributed by atoms with Gasteiger partial charge in [0.15, 0.2) is 0 Å². The van der Waals surface area contributed by atoms with Gasteiger partial charge >= 0.3 is 0 Å². The fourth-order valence-corrected chi connectivity index (χ4v) is 2.75. The van der Waals surface area contributed by atoms with Gasteiger partial charge in [0.05, 0.1) is 12.1 Å². The van der Waals surface area contributed by atoms with Crippen LogP contribution in [-0.2, 0) is 6.54 Å². The average Bonchev–Trinajstić information content (AvgIpc) is 2.61. The molecule has 0 saturated heterocycles. The van der Waals surface area contributed by atoms with Crippen molar-refractivity contribution in [1.82, 2.24) is 9.97 Å². The van der Waals surface area contributed by atoms with E-state index in [1.807, 2.05) is 25.1 Å². The summed E-state index contributed by atoms with van der Waals surface area (Å²) < 4.78 is 5.17. The van der Waals surface area contributed by atoms with E-state index >= 15 is 0 Å². The molecule has 0 aliphatic rings. The van der Waals surface area contributed by atoms with Crippen molar-refractivity contribution in [2.45, 2.75) is 20.4 Å². The molecule has 3 rings (SSSR count). The van der Waals surface area contributed by atoms with Crippen LogP contribution in [0.2, 0.25) is 5.02 Å². The number of benzene rings is 2. The van der Waals surface area contributed by atoms with Gasteiger partial charge in [-0.25, -0.2) is 4.98 Å². The van der Waals surface area contributed by atoms with Crippen LogP contribution in [0.25, 0.3) is 0 Å². The summed E-state index contributed by atoms with van der Waals surface area (Å²) in [4.78, 5) is 8.97. The number of rotatable bonds is 6. The summed E-state index contributed by atoms with van der Waals surface area (Å²) in [7, 11) is 1.59. The fraction of sp³-hybridized carbons (Fsp3) is 0.200. The first-order valence-electron chi connectivity index (χ1n) is 8.29. The second kappa shape index (κ2) is 8.06. The molecule has 0 amide bonds. The van der Waals surface area contributed by atoms with Crippen LogP contribution in [0, 0.1) is 13.8 Å². The zero-order chi connectivity index (χ0) is 18.5. The first-order chi connectivity index (χ1) is 12.5. The topological polar surface area (TPSA) is 59.1 Å². The van der Waals surface area contributed by atoms with Crippen molar-refractivity contribution in [2.75, 3.05) is 17.7 Å². The Kier molecular flexibility index (Phi) is 5.58. The summed E-state index contributed by atoms with van der Waals surface area (Å²) >= 11 is 6.18. The van der Waals surface area contributed by atoms with E-state index < -0.39 is 0 Å². The Morgan fingerprint density at radius 3 is 2.46 bits per heavy atom. The van der Waals surface area contributed by atoms with Gasteiger partial charge in [-0.3, -0.25) is 0 Å². The Hall–Kier alpha value is -2.79. The number of anilines is 3. The van der Waals surface area contributed by atoms with Crippen LogP contribution >= 0.6 is 11.6 Å². The molecule has 0 saturated carbocycles. The molecule has 0 aliphatic carbocycles. The van der Waals surface area contributed by atoms with Crippen molar-refractivity contribution in [3.63, 3.8) is 0 Å². The van der Waals surface area contributed by atoms with Crippen LogP contribution in [0.4, 0.5) is 17.5 Å². The Bertz CT molecular complexity index is 897. The van der Waals surface area contributed by atoms with Gasteiger partial charge < -0.3 is 15.4 Å². The lowest BCUT2D eigenvalue weighted by atomic mass is 10.1. The molecule has 3 aromatic rings. The molecular weight excluding hydrogens is 348 g/mol. The lowest BCUT2D eigenvalue weighted by Crippen LogP contribution is -2.06. The number of hydrogen-bond donors (Lipinski definition) is 2. The zero-order valence-corrected chi connectivity index (χ0v) is 15.8. The maximum atomic E-state index is 6.18. The quantitative estimate of drug-likeness (QED) is 0.633. The monoisotopic (exact) mass is 368 g/mol. The van der Waals surface area contributed by atoms with Crippen LogP contribution in [0.1, 0.15) is 16.8 Å². The third-order valence-electron chi connectivity index (χ3n) is 3.85. The number of nitrogens with zero attached hydrogens (tertiary/aromatic N) is 2. The van der Waals surface area contributed by atoms with Gasteiger partial charge in [-0.05, 0) is 37.6 Å². The van der Waals surface area contributed by atoms with E-state index in [0.717, 1.165) is 11.4 Å². The zero-order valence-electron chi connectivity index (χ0n) is 15.0. The molecule has 2 N–H and O–H groups in total. The summed E-state index contributed by atoms with van der Waals surface area (Å²) in [6.45, 7) is 4.67. The minimum atomic E-state index is 0.543. The van der Waals surface area contributed by atoms with Gasteiger partial charge in [0.2, 0.25) is 5.95 Å². The average molecular weight is 369 g/mol. The van der Waals surface area contributed by atoms with Gasteiger partial charge in [-0.2, -0.15) is 4.98 Å². The van der Waals surface area contributed by atoms with Crippen molar-refractivity contribution in [3.05, 3.63) is 70.4 Å². The summed E-state index contributed by atoms with van der Waals surface area (Å²) in [5.41, 5.74) is 4.12. The summed E-state index contributed by atoms with van der Waals surface area (Å²) in [6.07, 6.45) is 0. The molecule has 26 heavy (non-hydrogen) atoms. The van der Waals surface area contributed by atoms with E-state index in [-0.39, 0.29) is 0 Å². The number of halogens is 1. The maximum absolute atomic E-state index is 6.18. The molecule has 0 bridgehead atoms. The number of methoxy groups -OCH3 is 1. The maximum Gasteiger partial charge on any atom is 0.225 e. The molecule has 0 fully saturated rings. The normalized spacial score (nSPS) is 10.5. The molecule has 134 valence electrons. The van der Waals surface area contributed by atoms with Gasteiger partial charge in [0.1, 0.15) is 11.6 Å². The van der Waals surface area contributed by atoms with Crippen LogP contribution in [-0.4, -0.2) is 17.1 Å². The largest absolute Gasteiger partial charge is 0.495 e. The van der Waals surface area contributed by atoms with E-state index in [1.165, 1.54) is 11.1 Å². The highest BCUT2D eigenvalue weighted by Crippen LogP contribution is 2.28. The molecule has 5 nitrogen and oxygen atoms in total. The third-order valence-corrected chi connectivity index (χ3v) is 4.15. The van der Waals surface area contributed by atoms with Gasteiger partial charge in [-0.15, -0.1) is 0 Å². The molecule has 1 heterocycles. The smallest absolute Gasteiger partial charge is 0.225 e. The molecule has 6 heteroatoms. The van der Waals surface area contributed by atoms with E-state index in [4.69, 9.17) is 16.3 Å². The Balaban J connectivity index is 1.72. The minimum absolute atomic E-state index is 0.543. The molecule has 0 spiro atoms. The van der Waals surface area contributed by atoms with Crippen molar-refractivity contribution in [1.29, 1.82) is 0 Å². The lowest BCUT2D eigenvalue weighted by Gasteiger charge is -2.11. The minimum Gasteiger partial charge on any atom is -0.495 e. The predicted octanol–water partition coefficient (Wildman–Crippen LogP) is 5.11. The summed E-state index contributed by atoms with van der Waals surface area (Å²) in [5.74, 6) is 1.91. The van der Waals surface area contributed by atoms with E-state index in [0.29, 0.717) is 29.1 Å². The Labute approximate surface area is 158 Å². The predicted molar refractivity (Wildman–Crippen MR) is 107 cm³/mol. The third kappa shape index (κ3) is 4.64. The van der Waals surface area contributed by atoms with E-state index in [2.05, 4.69) is 51.8 Å². The van der Waals surface area contributed by atoms with Crippen LogP contribution in [0.5, 0.6) is 5.75 Å². The molecule has 0 aliphatic heterocycles. The highest BCUT2D eigenvalue weighted by molar-refractivity contribution is 6.32. The van der Waals surface area contributed by atoms with Crippen molar-refractivity contribution in [3.8, 4) is 5.75 Å². The van der Waals surface area contributed by atoms with Crippen LogP contribution in [0.15, 0.2) is 48.5 Å². The molecule has 0 radical (unpaired) electrons. The highest BCUT2D eigenvalue weighted by atomic mass is 35.5. The molecule has 0 unspecified atom stereocenters. The SMILES string of the molecule is COc1ccc(Nc2cc(C)nc(NCc3ccc(C)cc3)n2)cc1Cl. The summed E-state index contributed by atoms with van der Waals surface area (Å²) in [6, 6.07) is 15.8. The first kappa shape index (κ1) is 18.0. The number of aromatic nitrogens is 2. The van der Waals surface area contributed by atoms with Crippen LogP contribution in [0.3, 0.4) is 0 Å². The van der Waals surface area contributed by atoms with Crippen molar-refractivity contribution in [2.24, 2.45) is 0 Å². The molecule has 0 atom stereocenters. The lowest BCUT2D eigenvalue weighted by molar-refractivity contribution is 0.415. The second-order valence-electron chi connectivity index (χ2n) is 6.03. The highest BCUT2D eigenvalue weighted by Gasteiger charge is 2.06. The van der Waals surface area contributed by atoms with Gasteiger partial charge in [-0.1, -0.05) is 41.4 Å². The van der Waals surface area contributed by atoms with Gasteiger partial charge in [0, 0.05) is 24.0 Å². The summed E-state index contributed by atoms with van der Waals surface area (Å²) in [5, 5.41) is 7.06. The fourth-order valence-electron chi connectivity index (χ4n) is 2.49. The van der Waals surface area contributed by atoms with Crippen LogP contribution < -0.4 is 15.4 Å². The Morgan fingerprint density at radius 1 is 1.00 bits per heavy atom. The second-order valence-corrected chi connectivity index (χ2v) is 6.44. The molecular formula is C20H21ClN4O. The molecule has 1 aromatic heterocycles. The Morgan fingerprint density at radius 2 is 1.77 bits per heavy atom.